The number of carboxylic acids is 1. The minimum Gasteiger partial charge on any atom is -0.478 e. The molecule has 0 spiro atoms. The Balaban J connectivity index is 1.56. The quantitative estimate of drug-likeness (QED) is 0.454. The summed E-state index contributed by atoms with van der Waals surface area (Å²) in [7, 11) is 0. The highest BCUT2D eigenvalue weighted by Gasteiger charge is 2.26. The molecule has 0 bridgehead atoms. The third kappa shape index (κ3) is 5.35. The predicted molar refractivity (Wildman–Crippen MR) is 125 cm³/mol. The molecule has 2 heterocycles. The monoisotopic (exact) mass is 446 g/mol. The predicted octanol–water partition coefficient (Wildman–Crippen LogP) is 5.19. The Kier molecular flexibility index (Phi) is 7.27. The highest BCUT2D eigenvalue weighted by atomic mass is 16.4. The molecule has 0 saturated heterocycles. The van der Waals surface area contributed by atoms with Crippen molar-refractivity contribution in [3.63, 3.8) is 0 Å². The van der Waals surface area contributed by atoms with Gasteiger partial charge < -0.3 is 5.11 Å². The van der Waals surface area contributed by atoms with Gasteiger partial charge in [-0.1, -0.05) is 56.9 Å². The van der Waals surface area contributed by atoms with Gasteiger partial charge in [0.2, 0.25) is 11.6 Å². The van der Waals surface area contributed by atoms with E-state index in [1.807, 2.05) is 28.9 Å². The maximum Gasteiger partial charge on any atom is 0.337 e. The molecule has 0 atom stereocenters. The molecule has 1 aliphatic rings. The molecule has 7 nitrogen and oxygen atoms in total. The first-order chi connectivity index (χ1) is 16.1. The fourth-order valence-corrected chi connectivity index (χ4v) is 4.41. The van der Waals surface area contributed by atoms with E-state index in [9.17, 15) is 14.7 Å². The Bertz CT molecular complexity index is 1110. The largest absolute Gasteiger partial charge is 0.478 e. The fraction of sp³-hybridized carbons (Fsp3) is 0.423. The molecule has 2 aromatic heterocycles. The van der Waals surface area contributed by atoms with Crippen LogP contribution in [0.15, 0.2) is 42.6 Å². The molecule has 4 rings (SSSR count). The normalized spacial score (nSPS) is 14.3. The summed E-state index contributed by atoms with van der Waals surface area (Å²) in [4.78, 5) is 33.4. The molecule has 1 fully saturated rings. The molecule has 0 amide bonds. The first-order valence-corrected chi connectivity index (χ1v) is 11.8. The van der Waals surface area contributed by atoms with E-state index in [-0.39, 0.29) is 17.3 Å². The molecule has 33 heavy (non-hydrogen) atoms. The summed E-state index contributed by atoms with van der Waals surface area (Å²) in [5.74, 6) is 0.276. The van der Waals surface area contributed by atoms with Gasteiger partial charge in [-0.15, -0.1) is 5.10 Å². The van der Waals surface area contributed by atoms with Crippen LogP contribution >= 0.6 is 0 Å². The van der Waals surface area contributed by atoms with E-state index in [1.54, 1.807) is 18.3 Å². The van der Waals surface area contributed by atoms with Crippen LogP contribution in [0.2, 0.25) is 0 Å². The van der Waals surface area contributed by atoms with Crippen LogP contribution in [0, 0.1) is 5.92 Å². The number of hydrogen-bond donors (Lipinski definition) is 1. The molecule has 172 valence electrons. The number of aromatic carboxylic acids is 1. The van der Waals surface area contributed by atoms with E-state index in [1.165, 1.54) is 6.42 Å². The second-order valence-corrected chi connectivity index (χ2v) is 8.71. The lowest BCUT2D eigenvalue weighted by molar-refractivity contribution is 0.0697. The molecule has 3 aromatic rings. The van der Waals surface area contributed by atoms with Crippen LogP contribution in [-0.2, 0) is 13.0 Å². The van der Waals surface area contributed by atoms with Gasteiger partial charge in [0.05, 0.1) is 11.3 Å². The lowest BCUT2D eigenvalue weighted by Crippen LogP contribution is -2.19. The maximum absolute atomic E-state index is 13.0. The summed E-state index contributed by atoms with van der Waals surface area (Å²) >= 11 is 0. The number of carbonyl (C=O) groups excluding carboxylic acids is 1. The zero-order valence-electron chi connectivity index (χ0n) is 19.0. The van der Waals surface area contributed by atoms with Crippen molar-refractivity contribution < 1.29 is 14.7 Å². The van der Waals surface area contributed by atoms with Crippen LogP contribution in [-0.4, -0.2) is 36.6 Å². The molecular weight excluding hydrogens is 416 g/mol. The molecule has 1 aliphatic carbocycles. The number of unbranched alkanes of at least 4 members (excludes halogenated alkanes) is 1. The molecule has 1 saturated carbocycles. The van der Waals surface area contributed by atoms with Crippen LogP contribution in [0.3, 0.4) is 0 Å². The van der Waals surface area contributed by atoms with Gasteiger partial charge in [0.15, 0.2) is 0 Å². The van der Waals surface area contributed by atoms with Crippen LogP contribution in [0.1, 0.15) is 84.2 Å². The van der Waals surface area contributed by atoms with Gasteiger partial charge in [-0.25, -0.2) is 14.5 Å². The van der Waals surface area contributed by atoms with Crippen molar-refractivity contribution in [2.45, 2.75) is 64.8 Å². The Morgan fingerprint density at radius 3 is 2.55 bits per heavy atom. The van der Waals surface area contributed by atoms with Gasteiger partial charge in [-0.3, -0.25) is 9.78 Å². The van der Waals surface area contributed by atoms with E-state index >= 15 is 0 Å². The average molecular weight is 447 g/mol. The fourth-order valence-electron chi connectivity index (χ4n) is 4.41. The smallest absolute Gasteiger partial charge is 0.337 e. The summed E-state index contributed by atoms with van der Waals surface area (Å²) in [5, 5.41) is 14.0. The number of hydrogen-bond acceptors (Lipinski definition) is 5. The van der Waals surface area contributed by atoms with E-state index in [2.05, 4.69) is 22.0 Å². The van der Waals surface area contributed by atoms with E-state index < -0.39 is 5.97 Å². The molecule has 1 aromatic carbocycles. The lowest BCUT2D eigenvalue weighted by atomic mass is 9.86. The molecular formula is C26H30N4O3. The number of nitrogens with zero attached hydrogens (tertiary/aromatic N) is 4. The Morgan fingerprint density at radius 2 is 1.85 bits per heavy atom. The van der Waals surface area contributed by atoms with E-state index in [0.29, 0.717) is 17.9 Å². The van der Waals surface area contributed by atoms with Crippen LogP contribution < -0.4 is 0 Å². The van der Waals surface area contributed by atoms with Crippen molar-refractivity contribution in [1.82, 2.24) is 19.7 Å². The van der Waals surface area contributed by atoms with Crippen molar-refractivity contribution in [3.05, 3.63) is 65.4 Å². The van der Waals surface area contributed by atoms with Crippen LogP contribution in [0.4, 0.5) is 0 Å². The summed E-state index contributed by atoms with van der Waals surface area (Å²) in [6.07, 6.45) is 9.45. The van der Waals surface area contributed by atoms with E-state index in [4.69, 9.17) is 0 Å². The number of carbonyl (C=O) groups is 2. The number of Topliss-reactive ketones (excluding diaryl/α,β-unsaturated/α-hetero) is 1. The summed E-state index contributed by atoms with van der Waals surface area (Å²) in [5.41, 5.74) is 2.39. The minimum atomic E-state index is -0.999. The summed E-state index contributed by atoms with van der Waals surface area (Å²) < 4.78 is 1.88. The summed E-state index contributed by atoms with van der Waals surface area (Å²) in [6.45, 7) is 2.87. The number of benzene rings is 1. The molecule has 7 heteroatoms. The Labute approximate surface area is 193 Å². The first kappa shape index (κ1) is 22.8. The second kappa shape index (κ2) is 10.5. The highest BCUT2D eigenvalue weighted by molar-refractivity contribution is 5.95. The van der Waals surface area contributed by atoms with E-state index in [0.717, 1.165) is 62.0 Å². The van der Waals surface area contributed by atoms with Crippen molar-refractivity contribution in [2.24, 2.45) is 5.92 Å². The number of aromatic nitrogens is 4. The number of pyridine rings is 1. The third-order valence-electron chi connectivity index (χ3n) is 6.30. The van der Waals surface area contributed by atoms with Gasteiger partial charge in [0.25, 0.3) is 0 Å². The van der Waals surface area contributed by atoms with Crippen molar-refractivity contribution in [3.8, 4) is 11.3 Å². The molecule has 1 N–H and O–H groups in total. The summed E-state index contributed by atoms with van der Waals surface area (Å²) in [6, 6.07) is 10.8. The average Bonchev–Trinajstić information content (AvgIpc) is 3.25. The van der Waals surface area contributed by atoms with Gasteiger partial charge >= 0.3 is 5.97 Å². The Morgan fingerprint density at radius 1 is 1.09 bits per heavy atom. The SMILES string of the molecule is CCCCn1nc(C(=O)C2CCCCC2)nc1Cc1ccc(-c2ncccc2C(=O)O)cc1. The number of ketones is 1. The molecule has 0 unspecified atom stereocenters. The van der Waals surface area contributed by atoms with Gasteiger partial charge in [-0.2, -0.15) is 0 Å². The van der Waals surface area contributed by atoms with Crippen molar-refractivity contribution in [1.29, 1.82) is 0 Å². The standard InChI is InChI=1S/C26H30N4O3/c1-2-3-16-30-22(28-25(29-30)24(31)20-8-5-4-6-9-20)17-18-11-13-19(14-12-18)23-21(26(32)33)10-7-15-27-23/h7,10-15,20H,2-6,8-9,16-17H2,1H3,(H,32,33). The minimum absolute atomic E-state index is 0.0507. The zero-order chi connectivity index (χ0) is 23.2. The van der Waals surface area contributed by atoms with Crippen LogP contribution in [0.5, 0.6) is 0 Å². The second-order valence-electron chi connectivity index (χ2n) is 8.71. The highest BCUT2D eigenvalue weighted by Crippen LogP contribution is 2.27. The zero-order valence-corrected chi connectivity index (χ0v) is 19.0. The molecule has 0 radical (unpaired) electrons. The first-order valence-electron chi connectivity index (χ1n) is 11.8. The number of rotatable bonds is 9. The topological polar surface area (TPSA) is 98.0 Å². The maximum atomic E-state index is 13.0. The van der Waals surface area contributed by atoms with Gasteiger partial charge in [-0.05, 0) is 37.0 Å². The van der Waals surface area contributed by atoms with Crippen molar-refractivity contribution in [2.75, 3.05) is 0 Å². The molecule has 0 aliphatic heterocycles. The Hall–Kier alpha value is -3.35. The van der Waals surface area contributed by atoms with Gasteiger partial charge in [0, 0.05) is 30.6 Å². The van der Waals surface area contributed by atoms with Crippen LogP contribution in [0.25, 0.3) is 11.3 Å². The van der Waals surface area contributed by atoms with Gasteiger partial charge in [0.1, 0.15) is 5.82 Å². The van der Waals surface area contributed by atoms with Crippen molar-refractivity contribution >= 4 is 11.8 Å². The number of aryl methyl sites for hydroxylation is 1. The lowest BCUT2D eigenvalue weighted by Gasteiger charge is -2.18. The number of carboxylic acid groups (broad SMARTS) is 1. The third-order valence-corrected chi connectivity index (χ3v) is 6.30.